The maximum absolute atomic E-state index is 5.80. The highest BCUT2D eigenvalue weighted by atomic mass is 35.5. The van der Waals surface area contributed by atoms with Crippen LogP contribution in [0.4, 0.5) is 0 Å². The van der Waals surface area contributed by atoms with Crippen LogP contribution in [0.5, 0.6) is 0 Å². The van der Waals surface area contributed by atoms with Gasteiger partial charge in [0, 0.05) is 11.1 Å². The van der Waals surface area contributed by atoms with E-state index in [4.69, 9.17) is 17.3 Å². The third-order valence-electron chi connectivity index (χ3n) is 1.72. The van der Waals surface area contributed by atoms with Crippen LogP contribution in [0.1, 0.15) is 24.9 Å². The van der Waals surface area contributed by atoms with Gasteiger partial charge in [0.1, 0.15) is 0 Å². The van der Waals surface area contributed by atoms with Crippen LogP contribution in [-0.4, -0.2) is 0 Å². The maximum atomic E-state index is 5.80. The first-order valence-corrected chi connectivity index (χ1v) is 4.13. The lowest BCUT2D eigenvalue weighted by molar-refractivity contribution is 0.699. The van der Waals surface area contributed by atoms with Crippen molar-refractivity contribution in [1.82, 2.24) is 0 Å². The lowest BCUT2D eigenvalue weighted by Crippen LogP contribution is -2.07. The van der Waals surface area contributed by atoms with Crippen LogP contribution in [0.2, 0.25) is 5.02 Å². The molecule has 0 spiro atoms. The second kappa shape index (κ2) is 3.74. The summed E-state index contributed by atoms with van der Waals surface area (Å²) in [6, 6.07) is 7.81. The second-order valence-electron chi connectivity index (χ2n) is 2.57. The fourth-order valence-corrected chi connectivity index (χ4v) is 1.17. The molecule has 2 heteroatoms. The maximum Gasteiger partial charge on any atom is 0.0409 e. The molecule has 0 saturated heterocycles. The van der Waals surface area contributed by atoms with Gasteiger partial charge >= 0.3 is 0 Å². The summed E-state index contributed by atoms with van der Waals surface area (Å²) in [5, 5.41) is 0.756. The van der Waals surface area contributed by atoms with E-state index in [0.29, 0.717) is 0 Å². The van der Waals surface area contributed by atoms with Crippen LogP contribution >= 0.6 is 11.6 Å². The minimum absolute atomic E-state index is 0.119. The van der Waals surface area contributed by atoms with Gasteiger partial charge in [-0.05, 0) is 24.1 Å². The predicted octanol–water partition coefficient (Wildman–Crippen LogP) is 2.75. The van der Waals surface area contributed by atoms with Crippen molar-refractivity contribution in [3.63, 3.8) is 0 Å². The molecule has 60 valence electrons. The van der Waals surface area contributed by atoms with Crippen molar-refractivity contribution in [2.24, 2.45) is 5.73 Å². The molecule has 0 heterocycles. The van der Waals surface area contributed by atoms with E-state index >= 15 is 0 Å². The zero-order valence-electron chi connectivity index (χ0n) is 6.55. The largest absolute Gasteiger partial charge is 0.324 e. The van der Waals surface area contributed by atoms with Gasteiger partial charge in [-0.2, -0.15) is 0 Å². The lowest BCUT2D eigenvalue weighted by Gasteiger charge is -2.08. The zero-order chi connectivity index (χ0) is 8.27. The summed E-state index contributed by atoms with van der Waals surface area (Å²) >= 11 is 5.79. The second-order valence-corrected chi connectivity index (χ2v) is 3.01. The number of benzene rings is 1. The van der Waals surface area contributed by atoms with E-state index < -0.39 is 0 Å². The quantitative estimate of drug-likeness (QED) is 0.724. The first-order chi connectivity index (χ1) is 5.24. The minimum atomic E-state index is 0.119. The molecule has 0 fully saturated rings. The van der Waals surface area contributed by atoms with Crippen molar-refractivity contribution in [2.45, 2.75) is 19.4 Å². The molecule has 1 rings (SSSR count). The van der Waals surface area contributed by atoms with E-state index in [1.807, 2.05) is 24.3 Å². The highest BCUT2D eigenvalue weighted by molar-refractivity contribution is 6.30. The molecule has 0 saturated carbocycles. The lowest BCUT2D eigenvalue weighted by atomic mass is 10.1. The summed E-state index contributed by atoms with van der Waals surface area (Å²) in [5.74, 6) is 0. The molecule has 2 N–H and O–H groups in total. The summed E-state index contributed by atoms with van der Waals surface area (Å²) in [6.45, 7) is 2.06. The van der Waals surface area contributed by atoms with Crippen molar-refractivity contribution in [3.8, 4) is 0 Å². The van der Waals surface area contributed by atoms with Crippen LogP contribution in [0, 0.1) is 0 Å². The average Bonchev–Trinajstić information content (AvgIpc) is 2.03. The Morgan fingerprint density at radius 1 is 1.55 bits per heavy atom. The number of halogens is 1. The summed E-state index contributed by atoms with van der Waals surface area (Å²) < 4.78 is 0. The minimum Gasteiger partial charge on any atom is -0.324 e. The Balaban J connectivity index is 2.86. The Labute approximate surface area is 72.2 Å². The average molecular weight is 170 g/mol. The SMILES string of the molecule is CC[C@H](N)c1cccc(Cl)c1. The first kappa shape index (κ1) is 8.57. The van der Waals surface area contributed by atoms with Gasteiger partial charge in [0.15, 0.2) is 0 Å². The van der Waals surface area contributed by atoms with E-state index in [1.165, 1.54) is 0 Å². The Morgan fingerprint density at radius 2 is 2.27 bits per heavy atom. The van der Waals surface area contributed by atoms with Gasteiger partial charge in [0.05, 0.1) is 0 Å². The van der Waals surface area contributed by atoms with E-state index in [-0.39, 0.29) is 6.04 Å². The molecule has 1 aromatic rings. The molecular formula is C9H12ClN. The first-order valence-electron chi connectivity index (χ1n) is 3.75. The fourth-order valence-electron chi connectivity index (χ4n) is 0.973. The van der Waals surface area contributed by atoms with Gasteiger partial charge in [0.25, 0.3) is 0 Å². The Kier molecular flexibility index (Phi) is 2.92. The van der Waals surface area contributed by atoms with Gasteiger partial charge < -0.3 is 5.73 Å². The van der Waals surface area contributed by atoms with Gasteiger partial charge in [-0.25, -0.2) is 0 Å². The number of hydrogen-bond acceptors (Lipinski definition) is 1. The normalized spacial score (nSPS) is 13.0. The van der Waals surface area contributed by atoms with Crippen LogP contribution in [-0.2, 0) is 0 Å². The fraction of sp³-hybridized carbons (Fsp3) is 0.333. The van der Waals surface area contributed by atoms with Crippen LogP contribution in [0.3, 0.4) is 0 Å². The molecule has 0 aliphatic carbocycles. The molecule has 0 bridgehead atoms. The molecule has 0 aliphatic heterocycles. The Morgan fingerprint density at radius 3 is 2.82 bits per heavy atom. The van der Waals surface area contributed by atoms with E-state index in [9.17, 15) is 0 Å². The third-order valence-corrected chi connectivity index (χ3v) is 1.95. The standard InChI is InChI=1S/C9H12ClN/c1-2-9(11)7-4-3-5-8(10)6-7/h3-6,9H,2,11H2,1H3/t9-/m0/s1. The molecule has 1 aromatic carbocycles. The molecule has 1 atom stereocenters. The van der Waals surface area contributed by atoms with Gasteiger partial charge in [0.2, 0.25) is 0 Å². The van der Waals surface area contributed by atoms with Crippen LogP contribution in [0.25, 0.3) is 0 Å². The summed E-state index contributed by atoms with van der Waals surface area (Å²) in [5.41, 5.74) is 6.92. The number of hydrogen-bond donors (Lipinski definition) is 1. The summed E-state index contributed by atoms with van der Waals surface area (Å²) in [7, 11) is 0. The highest BCUT2D eigenvalue weighted by Crippen LogP contribution is 2.17. The summed E-state index contributed by atoms with van der Waals surface area (Å²) in [6.07, 6.45) is 0.945. The van der Waals surface area contributed by atoms with Crippen molar-refractivity contribution >= 4 is 11.6 Å². The highest BCUT2D eigenvalue weighted by Gasteiger charge is 2.01. The molecule has 0 radical (unpaired) electrons. The van der Waals surface area contributed by atoms with Crippen molar-refractivity contribution in [2.75, 3.05) is 0 Å². The van der Waals surface area contributed by atoms with Crippen molar-refractivity contribution < 1.29 is 0 Å². The molecule has 0 amide bonds. The molecule has 11 heavy (non-hydrogen) atoms. The van der Waals surface area contributed by atoms with E-state index in [0.717, 1.165) is 17.0 Å². The van der Waals surface area contributed by atoms with Gasteiger partial charge in [-0.3, -0.25) is 0 Å². The van der Waals surface area contributed by atoms with Crippen LogP contribution in [0.15, 0.2) is 24.3 Å². The van der Waals surface area contributed by atoms with Crippen LogP contribution < -0.4 is 5.73 Å². The van der Waals surface area contributed by atoms with Crippen molar-refractivity contribution in [1.29, 1.82) is 0 Å². The Hall–Kier alpha value is -0.530. The van der Waals surface area contributed by atoms with Gasteiger partial charge in [-0.1, -0.05) is 30.7 Å². The molecule has 1 nitrogen and oxygen atoms in total. The Bertz CT molecular complexity index is 235. The molecule has 0 aliphatic rings. The topological polar surface area (TPSA) is 26.0 Å². The number of nitrogens with two attached hydrogens (primary N) is 1. The monoisotopic (exact) mass is 169 g/mol. The van der Waals surface area contributed by atoms with E-state index in [2.05, 4.69) is 6.92 Å². The molecular weight excluding hydrogens is 158 g/mol. The zero-order valence-corrected chi connectivity index (χ0v) is 7.31. The smallest absolute Gasteiger partial charge is 0.0409 e. The predicted molar refractivity (Wildman–Crippen MR) is 48.7 cm³/mol. The van der Waals surface area contributed by atoms with Crippen molar-refractivity contribution in [3.05, 3.63) is 34.9 Å². The third kappa shape index (κ3) is 2.21. The summed E-state index contributed by atoms with van der Waals surface area (Å²) in [4.78, 5) is 0. The van der Waals surface area contributed by atoms with Gasteiger partial charge in [-0.15, -0.1) is 0 Å². The molecule has 0 unspecified atom stereocenters. The molecule has 0 aromatic heterocycles. The van der Waals surface area contributed by atoms with E-state index in [1.54, 1.807) is 0 Å². The number of rotatable bonds is 2.